The van der Waals surface area contributed by atoms with E-state index in [4.69, 9.17) is 9.47 Å². The molecule has 254 valence electrons. The lowest BCUT2D eigenvalue weighted by Gasteiger charge is -2.26. The molecular formula is C39H86O2. The highest BCUT2D eigenvalue weighted by atomic mass is 16.5. The summed E-state index contributed by atoms with van der Waals surface area (Å²) in [5.41, 5.74) is 2.73. The van der Waals surface area contributed by atoms with Gasteiger partial charge in [-0.3, -0.25) is 0 Å². The van der Waals surface area contributed by atoms with Crippen LogP contribution in [0.2, 0.25) is 0 Å². The molecule has 0 amide bonds. The SMILES string of the molecule is CC(C)(C)CCC(C)(C)C.CC(C)(C)CCC(C)(C)C.CC(C)(C)CCOC(C)(C)C.CC(C)(C)COC(C)(C)C. The van der Waals surface area contributed by atoms with Gasteiger partial charge in [-0.15, -0.1) is 0 Å². The second-order valence-electron chi connectivity index (χ2n) is 21.5. The van der Waals surface area contributed by atoms with Crippen molar-refractivity contribution in [1.29, 1.82) is 0 Å². The highest BCUT2D eigenvalue weighted by Gasteiger charge is 2.18. The average molecular weight is 587 g/mol. The van der Waals surface area contributed by atoms with Crippen molar-refractivity contribution in [3.05, 3.63) is 0 Å². The van der Waals surface area contributed by atoms with E-state index in [1.807, 2.05) is 0 Å². The predicted molar refractivity (Wildman–Crippen MR) is 191 cm³/mol. The molecule has 0 saturated carbocycles. The Labute approximate surface area is 264 Å². The quantitative estimate of drug-likeness (QED) is 0.319. The smallest absolute Gasteiger partial charge is 0.0598 e. The maximum absolute atomic E-state index is 5.61. The first-order chi connectivity index (χ1) is 17.3. The standard InChI is InChI=1S/C10H22O.2C10H22.C9H20O/c1-9(2,3)7-8-11-10(4,5)6;2*1-9(2,3)7-8-10(4,5)6;1-8(2,3)7-10-9(4,5)6/h7-8H2,1-6H3;2*7-8H2,1-6H3;7H2,1-6H3. The summed E-state index contributed by atoms with van der Waals surface area (Å²) in [6.45, 7) is 55.1. The molecule has 0 aliphatic heterocycles. The molecule has 0 N–H and O–H groups in total. The van der Waals surface area contributed by atoms with Crippen LogP contribution in [0.5, 0.6) is 0 Å². The van der Waals surface area contributed by atoms with Crippen molar-refractivity contribution >= 4 is 0 Å². The van der Waals surface area contributed by atoms with Crippen LogP contribution >= 0.6 is 0 Å². The van der Waals surface area contributed by atoms with Crippen molar-refractivity contribution < 1.29 is 9.47 Å². The van der Waals surface area contributed by atoms with Crippen molar-refractivity contribution in [1.82, 2.24) is 0 Å². The summed E-state index contributed by atoms with van der Waals surface area (Å²) in [6.07, 6.45) is 6.45. The zero-order valence-corrected chi connectivity index (χ0v) is 33.8. The minimum absolute atomic E-state index is 0.00722. The molecule has 0 bridgehead atoms. The van der Waals surface area contributed by atoms with Crippen molar-refractivity contribution in [3.63, 3.8) is 0 Å². The molecule has 0 aromatic rings. The lowest BCUT2D eigenvalue weighted by Crippen LogP contribution is -2.26. The van der Waals surface area contributed by atoms with Crippen LogP contribution in [0.3, 0.4) is 0 Å². The molecule has 0 rings (SSSR count). The molecule has 41 heavy (non-hydrogen) atoms. The molecule has 0 atom stereocenters. The van der Waals surface area contributed by atoms with Gasteiger partial charge in [-0.2, -0.15) is 0 Å². The Morgan fingerprint density at radius 3 is 0.610 bits per heavy atom. The molecule has 0 unspecified atom stereocenters. The van der Waals surface area contributed by atoms with Gasteiger partial charge in [0.25, 0.3) is 0 Å². The number of hydrogen-bond acceptors (Lipinski definition) is 2. The number of rotatable bonds is 5. The van der Waals surface area contributed by atoms with Crippen LogP contribution in [0.15, 0.2) is 0 Å². The van der Waals surface area contributed by atoms with Crippen molar-refractivity contribution in [2.75, 3.05) is 13.2 Å². The van der Waals surface area contributed by atoms with Gasteiger partial charge in [0.05, 0.1) is 17.8 Å². The second-order valence-corrected chi connectivity index (χ2v) is 21.5. The Balaban J connectivity index is -0.000000223. The second kappa shape index (κ2) is 18.7. The summed E-state index contributed by atoms with van der Waals surface area (Å²) in [7, 11) is 0. The lowest BCUT2D eigenvalue weighted by molar-refractivity contribution is -0.0382. The molecule has 2 nitrogen and oxygen atoms in total. The molecule has 0 aliphatic carbocycles. The van der Waals surface area contributed by atoms with Crippen LogP contribution in [-0.2, 0) is 9.47 Å². The minimum Gasteiger partial charge on any atom is -0.376 e. The normalized spacial score (nSPS) is 13.8. The van der Waals surface area contributed by atoms with Crippen LogP contribution < -0.4 is 0 Å². The molecule has 0 heterocycles. The van der Waals surface area contributed by atoms with Crippen molar-refractivity contribution in [2.45, 2.75) is 209 Å². The van der Waals surface area contributed by atoms with Crippen LogP contribution in [0, 0.1) is 32.5 Å². The third-order valence-corrected chi connectivity index (χ3v) is 5.58. The van der Waals surface area contributed by atoms with Gasteiger partial charge in [-0.1, -0.05) is 125 Å². The van der Waals surface area contributed by atoms with Crippen LogP contribution in [0.25, 0.3) is 0 Å². The van der Waals surface area contributed by atoms with E-state index in [2.05, 4.69) is 166 Å². The summed E-state index contributed by atoms with van der Waals surface area (Å²) in [5.74, 6) is 0. The average Bonchev–Trinajstić information content (AvgIpc) is 2.60. The zero-order chi connectivity index (χ0) is 34.4. The summed E-state index contributed by atoms with van der Waals surface area (Å²) in [4.78, 5) is 0. The van der Waals surface area contributed by atoms with Crippen LogP contribution in [-0.4, -0.2) is 24.4 Å². The largest absolute Gasteiger partial charge is 0.376 e. The van der Waals surface area contributed by atoms with E-state index >= 15 is 0 Å². The van der Waals surface area contributed by atoms with E-state index in [1.54, 1.807) is 0 Å². The van der Waals surface area contributed by atoms with Gasteiger partial charge >= 0.3 is 0 Å². The fourth-order valence-corrected chi connectivity index (χ4v) is 2.60. The van der Waals surface area contributed by atoms with Gasteiger partial charge in [-0.05, 0) is 106 Å². The minimum atomic E-state index is 0.00722. The summed E-state index contributed by atoms with van der Waals surface area (Å²) < 4.78 is 11.2. The maximum Gasteiger partial charge on any atom is 0.0598 e. The first-order valence-electron chi connectivity index (χ1n) is 16.6. The van der Waals surface area contributed by atoms with E-state index < -0.39 is 0 Å². The Morgan fingerprint density at radius 2 is 0.488 bits per heavy atom. The molecule has 0 spiro atoms. The summed E-state index contributed by atoms with van der Waals surface area (Å²) in [6, 6.07) is 0. The monoisotopic (exact) mass is 587 g/mol. The van der Waals surface area contributed by atoms with Gasteiger partial charge in [0, 0.05) is 6.61 Å². The summed E-state index contributed by atoms with van der Waals surface area (Å²) in [5, 5.41) is 0. The van der Waals surface area contributed by atoms with Gasteiger partial charge < -0.3 is 9.47 Å². The van der Waals surface area contributed by atoms with Crippen LogP contribution in [0.1, 0.15) is 198 Å². The fraction of sp³-hybridized carbons (Fsp3) is 1.00. The lowest BCUT2D eigenvalue weighted by atomic mass is 9.81. The molecule has 2 heteroatoms. The summed E-state index contributed by atoms with van der Waals surface area (Å²) >= 11 is 0. The first kappa shape index (κ1) is 47.8. The molecule has 0 aromatic carbocycles. The van der Waals surface area contributed by atoms with Gasteiger partial charge in [-0.25, -0.2) is 0 Å². The third kappa shape index (κ3) is 68.6. The Hall–Kier alpha value is -0.0800. The third-order valence-electron chi connectivity index (χ3n) is 5.58. The molecule has 0 aliphatic rings. The highest BCUT2D eigenvalue weighted by Crippen LogP contribution is 2.30. The maximum atomic E-state index is 5.61. The van der Waals surface area contributed by atoms with E-state index in [0.717, 1.165) is 19.6 Å². The van der Waals surface area contributed by atoms with E-state index in [0.29, 0.717) is 27.1 Å². The van der Waals surface area contributed by atoms with Crippen molar-refractivity contribution in [2.24, 2.45) is 32.5 Å². The van der Waals surface area contributed by atoms with Gasteiger partial charge in [0.15, 0.2) is 0 Å². The Bertz CT molecular complexity index is 478. The molecular weight excluding hydrogens is 500 g/mol. The van der Waals surface area contributed by atoms with Crippen molar-refractivity contribution in [3.8, 4) is 0 Å². The van der Waals surface area contributed by atoms with E-state index in [1.165, 1.54) is 25.7 Å². The fourth-order valence-electron chi connectivity index (χ4n) is 2.60. The van der Waals surface area contributed by atoms with Crippen LogP contribution in [0.4, 0.5) is 0 Å². The van der Waals surface area contributed by atoms with Gasteiger partial charge in [0.1, 0.15) is 0 Å². The van der Waals surface area contributed by atoms with E-state index in [9.17, 15) is 0 Å². The van der Waals surface area contributed by atoms with Gasteiger partial charge in [0.2, 0.25) is 0 Å². The predicted octanol–water partition coefficient (Wildman–Crippen LogP) is 13.8. The Kier molecular flexibility index (Phi) is 21.8. The molecule has 0 fully saturated rings. The highest BCUT2D eigenvalue weighted by molar-refractivity contribution is 4.69. The Morgan fingerprint density at radius 1 is 0.268 bits per heavy atom. The number of ether oxygens (including phenoxy) is 2. The molecule has 0 saturated heterocycles. The zero-order valence-electron chi connectivity index (χ0n) is 33.8. The topological polar surface area (TPSA) is 18.5 Å². The van der Waals surface area contributed by atoms with E-state index in [-0.39, 0.29) is 16.6 Å². The first-order valence-corrected chi connectivity index (χ1v) is 16.6. The molecule has 0 aromatic heterocycles. The number of hydrogen-bond donors (Lipinski definition) is 0. The molecule has 0 radical (unpaired) electrons.